The van der Waals surface area contributed by atoms with Crippen molar-refractivity contribution >= 4 is 40.4 Å². The smallest absolute Gasteiger partial charge is 0.120 e. The summed E-state index contributed by atoms with van der Waals surface area (Å²) in [4.78, 5) is 0.359. The Labute approximate surface area is 115 Å². The molecule has 0 saturated carbocycles. The van der Waals surface area contributed by atoms with E-state index < -0.39 is 0 Å². The van der Waals surface area contributed by atoms with Crippen molar-refractivity contribution in [3.63, 3.8) is 0 Å². The zero-order valence-corrected chi connectivity index (χ0v) is 11.2. The van der Waals surface area contributed by atoms with Crippen molar-refractivity contribution < 1.29 is 0 Å². The average molecular weight is 285 g/mol. The molecule has 0 aliphatic carbocycles. The first-order chi connectivity index (χ1) is 8.09. The third kappa shape index (κ3) is 2.63. The van der Waals surface area contributed by atoms with Crippen LogP contribution in [0.1, 0.15) is 11.3 Å². The van der Waals surface area contributed by atoms with Gasteiger partial charge >= 0.3 is 0 Å². The van der Waals surface area contributed by atoms with E-state index in [1.807, 2.05) is 41.1 Å². The average Bonchev–Trinajstić information content (AvgIpc) is 2.72. The molecule has 0 fully saturated rings. The summed E-state index contributed by atoms with van der Waals surface area (Å²) >= 11 is 17.2. The molecule has 1 aromatic carbocycles. The van der Waals surface area contributed by atoms with Crippen molar-refractivity contribution in [2.45, 2.75) is 6.54 Å². The van der Waals surface area contributed by atoms with Crippen molar-refractivity contribution in [2.75, 3.05) is 0 Å². The molecule has 0 saturated heterocycles. The summed E-state index contributed by atoms with van der Waals surface area (Å²) in [7, 11) is 0. The first kappa shape index (κ1) is 12.4. The van der Waals surface area contributed by atoms with Crippen molar-refractivity contribution in [3.05, 3.63) is 57.8 Å². The van der Waals surface area contributed by atoms with Crippen LogP contribution in [0.3, 0.4) is 0 Å². The second-order valence-corrected chi connectivity index (χ2v) is 4.84. The summed E-state index contributed by atoms with van der Waals surface area (Å²) in [6, 6.07) is 9.20. The minimum atomic E-state index is 0.359. The molecule has 0 radical (unpaired) electrons. The van der Waals surface area contributed by atoms with Crippen LogP contribution in [0.4, 0.5) is 0 Å². The number of hydrogen-bond acceptors (Lipinski definition) is 1. The number of nitrogens with two attached hydrogens (primary N) is 1. The topological polar surface area (TPSA) is 30.9 Å². The molecule has 1 aromatic heterocycles. The maximum atomic E-state index is 6.12. The Kier molecular flexibility index (Phi) is 3.72. The Bertz CT molecular complexity index is 543. The van der Waals surface area contributed by atoms with Crippen molar-refractivity contribution in [1.82, 2.24) is 4.57 Å². The lowest BCUT2D eigenvalue weighted by atomic mass is 10.2. The van der Waals surface area contributed by atoms with Gasteiger partial charge in [-0.1, -0.05) is 41.5 Å². The number of aromatic nitrogens is 1. The van der Waals surface area contributed by atoms with Gasteiger partial charge in [-0.15, -0.1) is 0 Å². The molecule has 2 nitrogen and oxygen atoms in total. The normalized spacial score (nSPS) is 10.5. The number of rotatable bonds is 3. The Morgan fingerprint density at radius 3 is 2.41 bits per heavy atom. The lowest BCUT2D eigenvalue weighted by Crippen LogP contribution is -2.16. The minimum Gasteiger partial charge on any atom is -0.388 e. The predicted molar refractivity (Wildman–Crippen MR) is 75.9 cm³/mol. The molecule has 2 N–H and O–H groups in total. The maximum absolute atomic E-state index is 6.12. The van der Waals surface area contributed by atoms with Crippen LogP contribution in [0.15, 0.2) is 36.5 Å². The van der Waals surface area contributed by atoms with Gasteiger partial charge < -0.3 is 10.3 Å². The van der Waals surface area contributed by atoms with Crippen molar-refractivity contribution in [2.24, 2.45) is 5.73 Å². The lowest BCUT2D eigenvalue weighted by Gasteiger charge is -2.11. The van der Waals surface area contributed by atoms with Gasteiger partial charge in [0.2, 0.25) is 0 Å². The highest BCUT2D eigenvalue weighted by molar-refractivity contribution is 7.80. The van der Waals surface area contributed by atoms with E-state index in [1.54, 1.807) is 0 Å². The van der Waals surface area contributed by atoms with E-state index in [0.29, 0.717) is 21.6 Å². The fourth-order valence-electron chi connectivity index (χ4n) is 1.63. The Morgan fingerprint density at radius 2 is 1.82 bits per heavy atom. The fourth-order valence-corrected chi connectivity index (χ4v) is 2.33. The molecule has 88 valence electrons. The van der Waals surface area contributed by atoms with Crippen LogP contribution in [0.2, 0.25) is 10.0 Å². The molecule has 17 heavy (non-hydrogen) atoms. The SMILES string of the molecule is NC(=S)c1cccn1Cc1c(Cl)cccc1Cl. The van der Waals surface area contributed by atoms with Gasteiger partial charge in [0.25, 0.3) is 0 Å². The number of halogens is 2. The van der Waals surface area contributed by atoms with Crippen LogP contribution in [0, 0.1) is 0 Å². The standard InChI is InChI=1S/C12H10Cl2N2S/c13-9-3-1-4-10(14)8(9)7-16-6-2-5-11(16)12(15)17/h1-6H,7H2,(H2,15,17). The van der Waals surface area contributed by atoms with Crippen LogP contribution < -0.4 is 5.73 Å². The van der Waals surface area contributed by atoms with Gasteiger partial charge in [-0.05, 0) is 24.3 Å². The predicted octanol–water partition coefficient (Wildman–Crippen LogP) is 3.48. The van der Waals surface area contributed by atoms with Crippen molar-refractivity contribution in [3.8, 4) is 0 Å². The molecule has 0 amide bonds. The fraction of sp³-hybridized carbons (Fsp3) is 0.0833. The maximum Gasteiger partial charge on any atom is 0.120 e. The molecule has 2 rings (SSSR count). The van der Waals surface area contributed by atoms with Gasteiger partial charge in [0.05, 0.1) is 12.2 Å². The molecule has 0 spiro atoms. The van der Waals surface area contributed by atoms with E-state index in [1.165, 1.54) is 0 Å². The highest BCUT2D eigenvalue weighted by Crippen LogP contribution is 2.25. The molecule has 1 heterocycles. The van der Waals surface area contributed by atoms with E-state index in [9.17, 15) is 0 Å². The van der Waals surface area contributed by atoms with E-state index in [0.717, 1.165) is 11.3 Å². The second-order valence-electron chi connectivity index (χ2n) is 3.59. The van der Waals surface area contributed by atoms with E-state index in [4.69, 9.17) is 41.2 Å². The molecule has 0 aliphatic rings. The van der Waals surface area contributed by atoms with Crippen LogP contribution in [-0.2, 0) is 6.54 Å². The summed E-state index contributed by atoms with van der Waals surface area (Å²) in [5.41, 5.74) is 7.30. The number of thiocarbonyl (C=S) groups is 1. The number of hydrogen-bond donors (Lipinski definition) is 1. The Hall–Kier alpha value is -1.03. The minimum absolute atomic E-state index is 0.359. The van der Waals surface area contributed by atoms with Crippen LogP contribution in [-0.4, -0.2) is 9.56 Å². The summed E-state index contributed by atoms with van der Waals surface area (Å²) in [6.45, 7) is 0.554. The van der Waals surface area contributed by atoms with Gasteiger partial charge in [0, 0.05) is 21.8 Å². The molecular weight excluding hydrogens is 275 g/mol. The highest BCUT2D eigenvalue weighted by atomic mass is 35.5. The van der Waals surface area contributed by atoms with Crippen molar-refractivity contribution in [1.29, 1.82) is 0 Å². The Morgan fingerprint density at radius 1 is 1.18 bits per heavy atom. The van der Waals surface area contributed by atoms with Gasteiger partial charge in [0.15, 0.2) is 0 Å². The van der Waals surface area contributed by atoms with E-state index in [-0.39, 0.29) is 0 Å². The summed E-state index contributed by atoms with van der Waals surface area (Å²) in [6.07, 6.45) is 1.90. The largest absolute Gasteiger partial charge is 0.388 e. The summed E-state index contributed by atoms with van der Waals surface area (Å²) in [5, 5.41) is 1.28. The summed E-state index contributed by atoms with van der Waals surface area (Å²) < 4.78 is 1.93. The van der Waals surface area contributed by atoms with Crippen LogP contribution in [0.25, 0.3) is 0 Å². The molecule has 0 aliphatic heterocycles. The summed E-state index contributed by atoms with van der Waals surface area (Å²) in [5.74, 6) is 0. The molecule has 0 atom stereocenters. The zero-order chi connectivity index (χ0) is 12.4. The molecule has 0 unspecified atom stereocenters. The molecule has 2 aromatic rings. The number of benzene rings is 1. The molecular formula is C12H10Cl2N2S. The zero-order valence-electron chi connectivity index (χ0n) is 8.86. The van der Waals surface area contributed by atoms with Gasteiger partial charge in [-0.3, -0.25) is 0 Å². The van der Waals surface area contributed by atoms with Crippen LogP contribution in [0.5, 0.6) is 0 Å². The lowest BCUT2D eigenvalue weighted by molar-refractivity contribution is 0.799. The highest BCUT2D eigenvalue weighted by Gasteiger charge is 2.09. The second kappa shape index (κ2) is 5.08. The van der Waals surface area contributed by atoms with Gasteiger partial charge in [-0.25, -0.2) is 0 Å². The third-order valence-corrected chi connectivity index (χ3v) is 3.39. The quantitative estimate of drug-likeness (QED) is 0.875. The Balaban J connectivity index is 2.38. The third-order valence-electron chi connectivity index (χ3n) is 2.47. The molecule has 5 heteroatoms. The van der Waals surface area contributed by atoms with E-state index >= 15 is 0 Å². The number of nitrogens with zero attached hydrogens (tertiary/aromatic N) is 1. The van der Waals surface area contributed by atoms with Gasteiger partial charge in [-0.2, -0.15) is 0 Å². The first-order valence-corrected chi connectivity index (χ1v) is 6.14. The first-order valence-electron chi connectivity index (χ1n) is 4.97. The monoisotopic (exact) mass is 284 g/mol. The van der Waals surface area contributed by atoms with Gasteiger partial charge in [0.1, 0.15) is 4.99 Å². The van der Waals surface area contributed by atoms with Crippen LogP contribution >= 0.6 is 35.4 Å². The van der Waals surface area contributed by atoms with E-state index in [2.05, 4.69) is 0 Å². The molecule has 0 bridgehead atoms.